The van der Waals surface area contributed by atoms with E-state index >= 15 is 0 Å². The number of aryl methyl sites for hydroxylation is 1. The molecule has 1 aromatic heterocycles. The summed E-state index contributed by atoms with van der Waals surface area (Å²) in [4.78, 5) is 0.875. The van der Waals surface area contributed by atoms with Crippen molar-refractivity contribution >= 4 is 21.2 Å². The third kappa shape index (κ3) is 4.63. The van der Waals surface area contributed by atoms with Gasteiger partial charge in [0.2, 0.25) is 0 Å². The van der Waals surface area contributed by atoms with Crippen LogP contribution in [0.4, 0.5) is 0 Å². The lowest BCUT2D eigenvalue weighted by atomic mass is 9.97. The Bertz CT molecular complexity index is 821. The van der Waals surface area contributed by atoms with E-state index in [0.717, 1.165) is 35.4 Å². The molecule has 2 aromatic rings. The van der Waals surface area contributed by atoms with Gasteiger partial charge in [-0.15, -0.1) is 11.3 Å². The van der Waals surface area contributed by atoms with Crippen LogP contribution in [-0.4, -0.2) is 31.9 Å². The molecule has 1 atom stereocenters. The Kier molecular flexibility index (Phi) is 5.81. The van der Waals surface area contributed by atoms with Crippen molar-refractivity contribution in [1.29, 1.82) is 0 Å². The number of nitrogens with one attached hydrogen (secondary N) is 1. The zero-order valence-corrected chi connectivity index (χ0v) is 16.1. The van der Waals surface area contributed by atoms with Gasteiger partial charge in [0, 0.05) is 10.9 Å². The summed E-state index contributed by atoms with van der Waals surface area (Å²) >= 11 is 1.27. The third-order valence-electron chi connectivity index (χ3n) is 4.72. The maximum atomic E-state index is 12.0. The standard InChI is InChI=1S/C19H25NO3S2/c1-2-25(22,23)19-9-8-18(24-19)15-11-14(12-17(21)13-15)6-7-16-5-3-4-10-20-16/h8-9,11-13,16,20-21H,2-7,10H2,1H3/t16-/m1/s1. The molecule has 0 radical (unpaired) electrons. The van der Waals surface area contributed by atoms with Crippen LogP contribution in [-0.2, 0) is 16.3 Å². The lowest BCUT2D eigenvalue weighted by Crippen LogP contribution is -2.34. The van der Waals surface area contributed by atoms with E-state index < -0.39 is 9.84 Å². The van der Waals surface area contributed by atoms with Gasteiger partial charge in [0.15, 0.2) is 9.84 Å². The minimum Gasteiger partial charge on any atom is -0.508 e. The van der Waals surface area contributed by atoms with Crippen molar-refractivity contribution in [2.75, 3.05) is 12.3 Å². The summed E-state index contributed by atoms with van der Waals surface area (Å²) in [5.74, 6) is 0.338. The summed E-state index contributed by atoms with van der Waals surface area (Å²) in [5, 5.41) is 13.6. The Morgan fingerprint density at radius 2 is 2.08 bits per heavy atom. The first-order valence-electron chi connectivity index (χ1n) is 8.87. The first-order valence-corrected chi connectivity index (χ1v) is 11.3. The molecule has 0 amide bonds. The molecule has 1 aliphatic heterocycles. The number of sulfone groups is 1. The lowest BCUT2D eigenvalue weighted by molar-refractivity contribution is 0.382. The highest BCUT2D eigenvalue weighted by Gasteiger charge is 2.16. The van der Waals surface area contributed by atoms with Gasteiger partial charge in [0.25, 0.3) is 0 Å². The molecule has 6 heteroatoms. The van der Waals surface area contributed by atoms with Gasteiger partial charge in [-0.2, -0.15) is 0 Å². The molecule has 4 nitrogen and oxygen atoms in total. The van der Waals surface area contributed by atoms with Gasteiger partial charge < -0.3 is 10.4 Å². The molecule has 0 aliphatic carbocycles. The number of piperidine rings is 1. The monoisotopic (exact) mass is 379 g/mol. The number of phenols is 1. The zero-order chi connectivity index (χ0) is 17.9. The largest absolute Gasteiger partial charge is 0.508 e. The summed E-state index contributed by atoms with van der Waals surface area (Å²) in [7, 11) is -3.18. The van der Waals surface area contributed by atoms with Gasteiger partial charge in [-0.3, -0.25) is 0 Å². The van der Waals surface area contributed by atoms with Crippen LogP contribution >= 0.6 is 11.3 Å². The second-order valence-electron chi connectivity index (χ2n) is 6.60. The Labute approximate surface area is 153 Å². The Hall–Kier alpha value is -1.37. The van der Waals surface area contributed by atoms with Gasteiger partial charge in [-0.1, -0.05) is 19.4 Å². The van der Waals surface area contributed by atoms with E-state index in [4.69, 9.17) is 0 Å². The number of rotatable bonds is 6. The van der Waals surface area contributed by atoms with Gasteiger partial charge in [0.1, 0.15) is 9.96 Å². The lowest BCUT2D eigenvalue weighted by Gasteiger charge is -2.23. The maximum absolute atomic E-state index is 12.0. The molecule has 0 unspecified atom stereocenters. The number of hydrogen-bond donors (Lipinski definition) is 2. The quantitative estimate of drug-likeness (QED) is 0.796. The first kappa shape index (κ1) is 18.4. The second kappa shape index (κ2) is 7.89. The van der Waals surface area contributed by atoms with Crippen molar-refractivity contribution in [3.05, 3.63) is 35.9 Å². The summed E-state index contributed by atoms with van der Waals surface area (Å²) in [6, 6.07) is 9.63. The van der Waals surface area contributed by atoms with E-state index in [0.29, 0.717) is 10.3 Å². The van der Waals surface area contributed by atoms with Crippen LogP contribution in [0, 0.1) is 0 Å². The minimum absolute atomic E-state index is 0.104. The Morgan fingerprint density at radius 3 is 2.80 bits per heavy atom. The average Bonchev–Trinajstić information content (AvgIpc) is 3.11. The van der Waals surface area contributed by atoms with Crippen LogP contribution in [0.3, 0.4) is 0 Å². The molecule has 2 N–H and O–H groups in total. The number of aromatic hydroxyl groups is 1. The van der Waals surface area contributed by atoms with E-state index in [2.05, 4.69) is 11.4 Å². The third-order valence-corrected chi connectivity index (χ3v) is 8.17. The molecule has 1 saturated heterocycles. The molecule has 0 bridgehead atoms. The highest BCUT2D eigenvalue weighted by Crippen LogP contribution is 2.34. The minimum atomic E-state index is -3.18. The Morgan fingerprint density at radius 1 is 1.24 bits per heavy atom. The number of thiophene rings is 1. The van der Waals surface area contributed by atoms with E-state index in [1.807, 2.05) is 12.1 Å². The van der Waals surface area contributed by atoms with Gasteiger partial charge >= 0.3 is 0 Å². The van der Waals surface area contributed by atoms with Crippen molar-refractivity contribution in [3.63, 3.8) is 0 Å². The summed E-state index contributed by atoms with van der Waals surface area (Å²) in [6.45, 7) is 2.75. The summed E-state index contributed by atoms with van der Waals surface area (Å²) in [6.07, 6.45) is 5.73. The fourth-order valence-corrected chi connectivity index (χ4v) is 5.67. The van der Waals surface area contributed by atoms with Crippen LogP contribution in [0.5, 0.6) is 5.75 Å². The molecular formula is C19H25NO3S2. The fraction of sp³-hybridized carbons (Fsp3) is 0.474. The van der Waals surface area contributed by atoms with Crippen molar-refractivity contribution in [2.45, 2.75) is 49.3 Å². The molecule has 3 rings (SSSR count). The number of phenolic OH excluding ortho intramolecular Hbond substituents is 1. The predicted molar refractivity (Wildman–Crippen MR) is 103 cm³/mol. The fourth-order valence-electron chi connectivity index (χ4n) is 3.26. The highest BCUT2D eigenvalue weighted by molar-refractivity contribution is 7.93. The summed E-state index contributed by atoms with van der Waals surface area (Å²) in [5.41, 5.74) is 1.98. The predicted octanol–water partition coefficient (Wildman–Crippen LogP) is 3.99. The number of benzene rings is 1. The normalized spacial score (nSPS) is 18.4. The summed E-state index contributed by atoms with van der Waals surface area (Å²) < 4.78 is 24.4. The van der Waals surface area contributed by atoms with E-state index in [1.165, 1.54) is 30.6 Å². The zero-order valence-electron chi connectivity index (χ0n) is 14.5. The van der Waals surface area contributed by atoms with Crippen molar-refractivity contribution in [2.24, 2.45) is 0 Å². The molecule has 2 heterocycles. The van der Waals surface area contributed by atoms with E-state index in [-0.39, 0.29) is 11.5 Å². The molecule has 1 aliphatic rings. The molecule has 1 fully saturated rings. The molecular weight excluding hydrogens is 354 g/mol. The Balaban J connectivity index is 1.77. The van der Waals surface area contributed by atoms with Crippen LogP contribution < -0.4 is 5.32 Å². The van der Waals surface area contributed by atoms with Crippen LogP contribution in [0.2, 0.25) is 0 Å². The topological polar surface area (TPSA) is 66.4 Å². The van der Waals surface area contributed by atoms with Crippen molar-refractivity contribution in [1.82, 2.24) is 5.32 Å². The smallest absolute Gasteiger partial charge is 0.187 e. The molecule has 0 saturated carbocycles. The first-order chi connectivity index (χ1) is 12.0. The van der Waals surface area contributed by atoms with Crippen molar-refractivity contribution < 1.29 is 13.5 Å². The average molecular weight is 380 g/mol. The molecule has 1 aromatic carbocycles. The molecule has 0 spiro atoms. The van der Waals surface area contributed by atoms with Gasteiger partial charge in [-0.05, 0) is 67.6 Å². The van der Waals surface area contributed by atoms with Gasteiger partial charge in [0.05, 0.1) is 5.75 Å². The van der Waals surface area contributed by atoms with E-state index in [1.54, 1.807) is 19.1 Å². The highest BCUT2D eigenvalue weighted by atomic mass is 32.2. The maximum Gasteiger partial charge on any atom is 0.187 e. The van der Waals surface area contributed by atoms with Crippen LogP contribution in [0.1, 0.15) is 38.2 Å². The number of hydrogen-bond acceptors (Lipinski definition) is 5. The molecule has 136 valence electrons. The van der Waals surface area contributed by atoms with Crippen LogP contribution in [0.25, 0.3) is 10.4 Å². The SMILES string of the molecule is CCS(=O)(=O)c1ccc(-c2cc(O)cc(CC[C@H]3CCCCN3)c2)s1. The second-order valence-corrected chi connectivity index (χ2v) is 10.2. The van der Waals surface area contributed by atoms with Crippen LogP contribution in [0.15, 0.2) is 34.5 Å². The van der Waals surface area contributed by atoms with Crippen molar-refractivity contribution in [3.8, 4) is 16.2 Å². The van der Waals surface area contributed by atoms with E-state index in [9.17, 15) is 13.5 Å². The van der Waals surface area contributed by atoms with Gasteiger partial charge in [-0.25, -0.2) is 8.42 Å². The molecule has 25 heavy (non-hydrogen) atoms.